The van der Waals surface area contributed by atoms with E-state index in [0.717, 1.165) is 28.9 Å². The fourth-order valence-electron chi connectivity index (χ4n) is 2.69. The average Bonchev–Trinajstić information content (AvgIpc) is 3.02. The molecule has 1 aliphatic rings. The summed E-state index contributed by atoms with van der Waals surface area (Å²) in [6.07, 6.45) is 6.93. The molecule has 1 aromatic heterocycles. The zero-order valence-corrected chi connectivity index (χ0v) is 14.2. The van der Waals surface area contributed by atoms with E-state index in [9.17, 15) is 4.79 Å². The largest absolute Gasteiger partial charge is 0.497 e. The van der Waals surface area contributed by atoms with Crippen LogP contribution >= 0.6 is 0 Å². The van der Waals surface area contributed by atoms with Crippen molar-refractivity contribution in [3.63, 3.8) is 0 Å². The monoisotopic (exact) mass is 340 g/mol. The van der Waals surface area contributed by atoms with Crippen LogP contribution in [0.4, 0.5) is 0 Å². The van der Waals surface area contributed by atoms with E-state index in [0.29, 0.717) is 12.4 Å². The van der Waals surface area contributed by atoms with Crippen molar-refractivity contribution in [3.05, 3.63) is 71.2 Å². The molecule has 0 fully saturated rings. The smallest absolute Gasteiger partial charge is 0.371 e. The quantitative estimate of drug-likeness (QED) is 0.852. The van der Waals surface area contributed by atoms with Gasteiger partial charge in [0.1, 0.15) is 11.5 Å². The minimum absolute atomic E-state index is 0.0374. The van der Waals surface area contributed by atoms with Crippen molar-refractivity contribution < 1.29 is 23.8 Å². The highest BCUT2D eigenvalue weighted by Crippen LogP contribution is 2.25. The number of hydrogen-bond donors (Lipinski definition) is 1. The molecule has 0 bridgehead atoms. The number of aromatic carboxylic acids is 1. The van der Waals surface area contributed by atoms with Gasteiger partial charge in [0.25, 0.3) is 0 Å². The molecule has 0 aliphatic heterocycles. The lowest BCUT2D eigenvalue weighted by Crippen LogP contribution is -2.11. The van der Waals surface area contributed by atoms with E-state index < -0.39 is 5.97 Å². The summed E-state index contributed by atoms with van der Waals surface area (Å²) in [7, 11) is 1.65. The molecule has 0 saturated heterocycles. The van der Waals surface area contributed by atoms with Crippen LogP contribution in [0.5, 0.6) is 5.75 Å². The summed E-state index contributed by atoms with van der Waals surface area (Å²) in [5, 5.41) is 8.95. The van der Waals surface area contributed by atoms with Crippen molar-refractivity contribution in [2.24, 2.45) is 0 Å². The molecule has 0 spiro atoms. The van der Waals surface area contributed by atoms with Gasteiger partial charge in [-0.3, -0.25) is 0 Å². The van der Waals surface area contributed by atoms with Crippen LogP contribution in [-0.2, 0) is 11.3 Å². The molecule has 0 radical (unpaired) electrons. The van der Waals surface area contributed by atoms with Crippen LogP contribution in [0, 0.1) is 6.92 Å². The first-order valence-corrected chi connectivity index (χ1v) is 8.04. The van der Waals surface area contributed by atoms with E-state index in [4.69, 9.17) is 19.0 Å². The number of allylic oxidation sites excluding steroid dienone is 2. The summed E-state index contributed by atoms with van der Waals surface area (Å²) in [6.45, 7) is 2.06. The molecule has 0 amide bonds. The number of methoxy groups -OCH3 is 1. The average molecular weight is 340 g/mol. The van der Waals surface area contributed by atoms with Crippen LogP contribution in [0.3, 0.4) is 0 Å². The molecular formula is C20H20O5. The third-order valence-electron chi connectivity index (χ3n) is 4.17. The minimum atomic E-state index is -1.07. The predicted molar refractivity (Wildman–Crippen MR) is 93.7 cm³/mol. The number of ether oxygens (including phenoxy) is 2. The van der Waals surface area contributed by atoms with E-state index in [-0.39, 0.29) is 11.9 Å². The van der Waals surface area contributed by atoms with E-state index in [2.05, 4.69) is 6.08 Å². The third-order valence-corrected chi connectivity index (χ3v) is 4.17. The van der Waals surface area contributed by atoms with Crippen molar-refractivity contribution >= 4 is 11.5 Å². The number of aryl methyl sites for hydroxylation is 1. The van der Waals surface area contributed by atoms with Gasteiger partial charge in [0.15, 0.2) is 0 Å². The van der Waals surface area contributed by atoms with Gasteiger partial charge in [-0.1, -0.05) is 30.4 Å². The van der Waals surface area contributed by atoms with Crippen LogP contribution in [0.25, 0.3) is 5.57 Å². The second kappa shape index (κ2) is 7.40. The molecule has 1 N–H and O–H groups in total. The second-order valence-electron chi connectivity index (χ2n) is 5.83. The van der Waals surface area contributed by atoms with Crippen LogP contribution in [-0.4, -0.2) is 24.3 Å². The molecule has 1 heterocycles. The molecular weight excluding hydrogens is 320 g/mol. The highest BCUT2D eigenvalue weighted by Gasteiger charge is 2.15. The Labute approximate surface area is 146 Å². The first kappa shape index (κ1) is 17.0. The normalized spacial score (nSPS) is 16.6. The van der Waals surface area contributed by atoms with Crippen LogP contribution in [0.1, 0.15) is 33.9 Å². The third kappa shape index (κ3) is 4.00. The molecule has 25 heavy (non-hydrogen) atoms. The van der Waals surface area contributed by atoms with Gasteiger partial charge < -0.3 is 19.0 Å². The Morgan fingerprint density at radius 2 is 2.08 bits per heavy atom. The molecule has 130 valence electrons. The predicted octanol–water partition coefficient (Wildman–Crippen LogP) is 4.22. The number of benzene rings is 1. The maximum Gasteiger partial charge on any atom is 0.371 e. The molecule has 5 nitrogen and oxygen atoms in total. The highest BCUT2D eigenvalue weighted by atomic mass is 16.5. The Kier molecular flexibility index (Phi) is 5.05. The first-order chi connectivity index (χ1) is 12.1. The van der Waals surface area contributed by atoms with Gasteiger partial charge in [-0.25, -0.2) is 4.79 Å². The first-order valence-electron chi connectivity index (χ1n) is 8.04. The fraction of sp³-hybridized carbons (Fsp3) is 0.250. The maximum absolute atomic E-state index is 10.9. The van der Waals surface area contributed by atoms with Gasteiger partial charge in [-0.05, 0) is 42.7 Å². The van der Waals surface area contributed by atoms with Crippen molar-refractivity contribution in [1.82, 2.24) is 0 Å². The number of carboxylic acid groups (broad SMARTS) is 1. The number of furan rings is 1. The number of carbonyl (C=O) groups is 1. The standard InChI is InChI=1S/C20H20O5/c1-13-16(11-19(25-13)20(21)22)12-24-18-9-5-15(6-10-18)14-3-7-17(23-2)8-4-14/h3-9,11,18H,10,12H2,1-2H3,(H,21,22). The van der Waals surface area contributed by atoms with Crippen LogP contribution in [0.2, 0.25) is 0 Å². The van der Waals surface area contributed by atoms with Crippen molar-refractivity contribution in [1.29, 1.82) is 0 Å². The van der Waals surface area contributed by atoms with Crippen molar-refractivity contribution in [3.8, 4) is 5.75 Å². The van der Waals surface area contributed by atoms with Gasteiger partial charge in [0, 0.05) is 5.56 Å². The zero-order chi connectivity index (χ0) is 17.8. The Balaban J connectivity index is 1.58. The molecule has 2 aromatic rings. The summed E-state index contributed by atoms with van der Waals surface area (Å²) < 4.78 is 16.2. The summed E-state index contributed by atoms with van der Waals surface area (Å²) >= 11 is 0. The molecule has 0 saturated carbocycles. The van der Waals surface area contributed by atoms with Crippen LogP contribution < -0.4 is 4.74 Å². The molecule has 1 unspecified atom stereocenters. The number of carboxylic acids is 1. The van der Waals surface area contributed by atoms with Gasteiger partial charge in [-0.15, -0.1) is 0 Å². The second-order valence-corrected chi connectivity index (χ2v) is 5.83. The topological polar surface area (TPSA) is 68.9 Å². The summed E-state index contributed by atoms with van der Waals surface area (Å²) in [5.41, 5.74) is 3.04. The maximum atomic E-state index is 10.9. The minimum Gasteiger partial charge on any atom is -0.497 e. The van der Waals surface area contributed by atoms with Gasteiger partial charge in [0.2, 0.25) is 5.76 Å². The Morgan fingerprint density at radius 1 is 1.32 bits per heavy atom. The van der Waals surface area contributed by atoms with Gasteiger partial charge in [0.05, 0.1) is 19.8 Å². The molecule has 1 aromatic carbocycles. The van der Waals surface area contributed by atoms with Gasteiger partial charge >= 0.3 is 5.97 Å². The van der Waals surface area contributed by atoms with Crippen molar-refractivity contribution in [2.75, 3.05) is 7.11 Å². The molecule has 1 atom stereocenters. The molecule has 5 heteroatoms. The van der Waals surface area contributed by atoms with E-state index >= 15 is 0 Å². The lowest BCUT2D eigenvalue weighted by molar-refractivity contribution is 0.0660. The van der Waals surface area contributed by atoms with Gasteiger partial charge in [-0.2, -0.15) is 0 Å². The number of hydrogen-bond acceptors (Lipinski definition) is 4. The summed E-state index contributed by atoms with van der Waals surface area (Å²) in [5.74, 6) is 0.282. The SMILES string of the molecule is COc1ccc(C2=CCC(OCc3cc(C(=O)O)oc3C)C=C2)cc1. The highest BCUT2D eigenvalue weighted by molar-refractivity contribution is 5.84. The fourth-order valence-corrected chi connectivity index (χ4v) is 2.69. The van der Waals surface area contributed by atoms with E-state index in [1.165, 1.54) is 6.07 Å². The Morgan fingerprint density at radius 3 is 2.64 bits per heavy atom. The van der Waals surface area contributed by atoms with E-state index in [1.54, 1.807) is 14.0 Å². The summed E-state index contributed by atoms with van der Waals surface area (Å²) in [4.78, 5) is 10.9. The lowest BCUT2D eigenvalue weighted by atomic mass is 9.98. The Hall–Kier alpha value is -2.79. The van der Waals surface area contributed by atoms with Crippen molar-refractivity contribution in [2.45, 2.75) is 26.1 Å². The van der Waals surface area contributed by atoms with Crippen LogP contribution in [0.15, 0.2) is 53.0 Å². The molecule has 3 rings (SSSR count). The number of rotatable bonds is 6. The lowest BCUT2D eigenvalue weighted by Gasteiger charge is -2.17. The molecule has 1 aliphatic carbocycles. The van der Waals surface area contributed by atoms with E-state index in [1.807, 2.05) is 36.4 Å². The zero-order valence-electron chi connectivity index (χ0n) is 14.2. The Bertz CT molecular complexity index is 811. The summed E-state index contributed by atoms with van der Waals surface area (Å²) in [6, 6.07) is 9.45.